The van der Waals surface area contributed by atoms with Crippen LogP contribution in [0, 0.1) is 0 Å². The van der Waals surface area contributed by atoms with E-state index in [1.807, 2.05) is 4.90 Å². The molecular formula is C16H28ClN5O. The number of halogens is 1. The summed E-state index contributed by atoms with van der Waals surface area (Å²) in [5, 5.41) is 4.73. The SMILES string of the molecule is CN(C)CCN(C)C1CCCN(C(=O)CCn2cc(Cl)cn2)C1. The Morgan fingerprint density at radius 2 is 2.17 bits per heavy atom. The number of hydrogen-bond acceptors (Lipinski definition) is 4. The third-order valence-corrected chi connectivity index (χ3v) is 4.62. The number of carbonyl (C=O) groups is 1. The maximum atomic E-state index is 12.4. The van der Waals surface area contributed by atoms with E-state index in [4.69, 9.17) is 11.6 Å². The van der Waals surface area contributed by atoms with E-state index in [9.17, 15) is 4.79 Å². The zero-order valence-corrected chi connectivity index (χ0v) is 15.2. The van der Waals surface area contributed by atoms with Gasteiger partial charge in [-0.25, -0.2) is 0 Å². The van der Waals surface area contributed by atoms with Gasteiger partial charge in [-0.3, -0.25) is 9.48 Å². The van der Waals surface area contributed by atoms with Gasteiger partial charge in [0.1, 0.15) is 0 Å². The fraction of sp³-hybridized carbons (Fsp3) is 0.750. The molecule has 0 aromatic carbocycles. The first-order chi connectivity index (χ1) is 11.0. The first-order valence-corrected chi connectivity index (χ1v) is 8.64. The first kappa shape index (κ1) is 18.2. The maximum absolute atomic E-state index is 12.4. The number of aromatic nitrogens is 2. The van der Waals surface area contributed by atoms with Crippen LogP contribution in [-0.4, -0.2) is 83.8 Å². The molecular weight excluding hydrogens is 314 g/mol. The van der Waals surface area contributed by atoms with Crippen molar-refractivity contribution in [3.05, 3.63) is 17.4 Å². The second-order valence-corrected chi connectivity index (χ2v) is 7.03. The lowest BCUT2D eigenvalue weighted by atomic mass is 10.0. The summed E-state index contributed by atoms with van der Waals surface area (Å²) in [6, 6.07) is 0.465. The molecule has 0 spiro atoms. The molecule has 2 heterocycles. The molecule has 1 unspecified atom stereocenters. The molecule has 1 atom stereocenters. The summed E-state index contributed by atoms with van der Waals surface area (Å²) in [5.41, 5.74) is 0. The highest BCUT2D eigenvalue weighted by Gasteiger charge is 2.25. The molecule has 0 radical (unpaired) electrons. The minimum atomic E-state index is 0.210. The van der Waals surface area contributed by atoms with Crippen molar-refractivity contribution in [1.82, 2.24) is 24.5 Å². The summed E-state index contributed by atoms with van der Waals surface area (Å²) in [6.45, 7) is 4.37. The Bertz CT molecular complexity index is 504. The Kier molecular flexibility index (Phi) is 6.87. The van der Waals surface area contributed by atoms with Gasteiger partial charge in [0.2, 0.25) is 5.91 Å². The van der Waals surface area contributed by atoms with Crippen LogP contribution in [0.15, 0.2) is 12.4 Å². The second-order valence-electron chi connectivity index (χ2n) is 6.59. The highest BCUT2D eigenvalue weighted by atomic mass is 35.5. The number of amides is 1. The van der Waals surface area contributed by atoms with Gasteiger partial charge >= 0.3 is 0 Å². The largest absolute Gasteiger partial charge is 0.341 e. The van der Waals surface area contributed by atoms with Crippen molar-refractivity contribution in [3.8, 4) is 0 Å². The van der Waals surface area contributed by atoms with Crippen molar-refractivity contribution in [3.63, 3.8) is 0 Å². The Balaban J connectivity index is 1.79. The first-order valence-electron chi connectivity index (χ1n) is 8.26. The molecule has 0 saturated carbocycles. The molecule has 1 fully saturated rings. The topological polar surface area (TPSA) is 44.6 Å². The van der Waals surface area contributed by atoms with Gasteiger partial charge in [-0.1, -0.05) is 11.6 Å². The van der Waals surface area contributed by atoms with E-state index in [0.717, 1.165) is 32.6 Å². The van der Waals surface area contributed by atoms with E-state index in [-0.39, 0.29) is 5.91 Å². The average molecular weight is 342 g/mol. The molecule has 1 saturated heterocycles. The van der Waals surface area contributed by atoms with Crippen molar-refractivity contribution in [2.45, 2.75) is 31.8 Å². The van der Waals surface area contributed by atoms with E-state index < -0.39 is 0 Å². The molecule has 130 valence electrons. The van der Waals surface area contributed by atoms with Crippen molar-refractivity contribution in [1.29, 1.82) is 0 Å². The van der Waals surface area contributed by atoms with Gasteiger partial charge < -0.3 is 14.7 Å². The van der Waals surface area contributed by atoms with Crippen LogP contribution < -0.4 is 0 Å². The summed E-state index contributed by atoms with van der Waals surface area (Å²) in [7, 11) is 6.34. The van der Waals surface area contributed by atoms with Crippen molar-refractivity contribution in [2.24, 2.45) is 0 Å². The molecule has 1 aromatic heterocycles. The number of likely N-dealkylation sites (tertiary alicyclic amines) is 1. The standard InChI is InChI=1S/C16H28ClN5O/c1-19(2)9-10-20(3)15-5-4-7-21(13-15)16(23)6-8-22-12-14(17)11-18-22/h11-12,15H,4-10,13H2,1-3H3. The number of aryl methyl sites for hydroxylation is 1. The van der Waals surface area contributed by atoms with Crippen molar-refractivity contribution in [2.75, 3.05) is 47.3 Å². The van der Waals surface area contributed by atoms with Gasteiger partial charge in [0, 0.05) is 51.4 Å². The van der Waals surface area contributed by atoms with Crippen molar-refractivity contribution < 1.29 is 4.79 Å². The van der Waals surface area contributed by atoms with Crippen LogP contribution in [0.2, 0.25) is 5.02 Å². The highest BCUT2D eigenvalue weighted by molar-refractivity contribution is 6.30. The molecule has 1 aliphatic rings. The van der Waals surface area contributed by atoms with Gasteiger partial charge in [-0.15, -0.1) is 0 Å². The van der Waals surface area contributed by atoms with E-state index >= 15 is 0 Å². The number of nitrogens with zero attached hydrogens (tertiary/aromatic N) is 5. The summed E-state index contributed by atoms with van der Waals surface area (Å²) in [6.07, 6.45) is 6.08. The van der Waals surface area contributed by atoms with Gasteiger partial charge in [0.25, 0.3) is 0 Å². The van der Waals surface area contributed by atoms with Crippen LogP contribution in [0.4, 0.5) is 0 Å². The fourth-order valence-corrected chi connectivity index (χ4v) is 3.07. The van der Waals surface area contributed by atoms with E-state index in [1.54, 1.807) is 17.1 Å². The lowest BCUT2D eigenvalue weighted by molar-refractivity contribution is -0.133. The third kappa shape index (κ3) is 5.79. The summed E-state index contributed by atoms with van der Waals surface area (Å²) < 4.78 is 1.73. The molecule has 1 amide bonds. The Hall–Kier alpha value is -1.11. The molecule has 6 nitrogen and oxygen atoms in total. The van der Waals surface area contributed by atoms with Crippen LogP contribution in [0.1, 0.15) is 19.3 Å². The van der Waals surface area contributed by atoms with Crippen LogP contribution in [-0.2, 0) is 11.3 Å². The number of likely N-dealkylation sites (N-methyl/N-ethyl adjacent to an activating group) is 2. The lowest BCUT2D eigenvalue weighted by Gasteiger charge is -2.38. The molecule has 0 aliphatic carbocycles. The normalized spacial score (nSPS) is 18.9. The Labute approximate surface area is 144 Å². The number of hydrogen-bond donors (Lipinski definition) is 0. The van der Waals surface area contributed by atoms with Gasteiger partial charge in [0.05, 0.1) is 11.2 Å². The van der Waals surface area contributed by atoms with Gasteiger partial charge in [-0.05, 0) is 34.0 Å². The molecule has 0 bridgehead atoms. The number of piperidine rings is 1. The Morgan fingerprint density at radius 1 is 1.39 bits per heavy atom. The smallest absolute Gasteiger partial charge is 0.224 e. The minimum absolute atomic E-state index is 0.210. The molecule has 2 rings (SSSR count). The van der Waals surface area contributed by atoms with Crippen LogP contribution in [0.3, 0.4) is 0 Å². The summed E-state index contributed by atoms with van der Waals surface area (Å²) in [5.74, 6) is 0.210. The summed E-state index contributed by atoms with van der Waals surface area (Å²) in [4.78, 5) is 19.0. The van der Waals surface area contributed by atoms with Crippen molar-refractivity contribution >= 4 is 17.5 Å². The van der Waals surface area contributed by atoms with Crippen LogP contribution >= 0.6 is 11.6 Å². The zero-order valence-electron chi connectivity index (χ0n) is 14.4. The third-order valence-electron chi connectivity index (χ3n) is 4.43. The number of carbonyl (C=O) groups excluding carboxylic acids is 1. The zero-order chi connectivity index (χ0) is 16.8. The van der Waals surface area contributed by atoms with E-state index in [1.165, 1.54) is 6.42 Å². The second kappa shape index (κ2) is 8.66. The maximum Gasteiger partial charge on any atom is 0.224 e. The monoisotopic (exact) mass is 341 g/mol. The molecule has 1 aliphatic heterocycles. The highest BCUT2D eigenvalue weighted by Crippen LogP contribution is 2.16. The van der Waals surface area contributed by atoms with Gasteiger partial charge in [0.15, 0.2) is 0 Å². The predicted octanol–water partition coefficient (Wildman–Crippen LogP) is 1.41. The van der Waals surface area contributed by atoms with Crippen LogP contribution in [0.5, 0.6) is 0 Å². The van der Waals surface area contributed by atoms with E-state index in [0.29, 0.717) is 24.0 Å². The fourth-order valence-electron chi connectivity index (χ4n) is 2.91. The number of rotatable bonds is 7. The molecule has 1 aromatic rings. The van der Waals surface area contributed by atoms with Gasteiger partial charge in [-0.2, -0.15) is 5.10 Å². The molecule has 23 heavy (non-hydrogen) atoms. The summed E-state index contributed by atoms with van der Waals surface area (Å²) >= 11 is 5.84. The lowest BCUT2D eigenvalue weighted by Crippen LogP contribution is -2.49. The molecule has 7 heteroatoms. The molecule has 0 N–H and O–H groups in total. The van der Waals surface area contributed by atoms with Crippen LogP contribution in [0.25, 0.3) is 0 Å². The van der Waals surface area contributed by atoms with E-state index in [2.05, 4.69) is 36.0 Å². The minimum Gasteiger partial charge on any atom is -0.341 e. The predicted molar refractivity (Wildman–Crippen MR) is 92.6 cm³/mol. The average Bonchev–Trinajstić information content (AvgIpc) is 2.95. The quantitative estimate of drug-likeness (QED) is 0.752. The Morgan fingerprint density at radius 3 is 2.83 bits per heavy atom.